The second-order valence-electron chi connectivity index (χ2n) is 6.21. The van der Waals surface area contributed by atoms with Crippen molar-refractivity contribution in [3.8, 4) is 11.5 Å². The molecule has 0 amide bonds. The Balaban J connectivity index is 1.76. The van der Waals surface area contributed by atoms with Crippen molar-refractivity contribution in [2.24, 2.45) is 5.73 Å². The molecule has 1 unspecified atom stereocenters. The van der Waals surface area contributed by atoms with Crippen molar-refractivity contribution < 1.29 is 19.0 Å². The Kier molecular flexibility index (Phi) is 5.24. The largest absolute Gasteiger partial charge is 0.493 e. The molecule has 0 aliphatic heterocycles. The molecule has 1 aliphatic carbocycles. The summed E-state index contributed by atoms with van der Waals surface area (Å²) in [7, 11) is 2.97. The quantitative estimate of drug-likeness (QED) is 0.818. The first-order valence-electron chi connectivity index (χ1n) is 8.34. The highest BCUT2D eigenvalue weighted by Gasteiger charge is 2.24. The fourth-order valence-corrected chi connectivity index (χ4v) is 3.18. The van der Waals surface area contributed by atoms with Crippen molar-refractivity contribution in [1.29, 1.82) is 0 Å². The number of ether oxygens (including phenoxy) is 3. The molecule has 0 aromatic heterocycles. The van der Waals surface area contributed by atoms with Crippen LogP contribution in [0.3, 0.4) is 0 Å². The van der Waals surface area contributed by atoms with Crippen molar-refractivity contribution in [2.75, 3.05) is 14.2 Å². The molecule has 3 rings (SSSR count). The van der Waals surface area contributed by atoms with E-state index in [2.05, 4.69) is 16.9 Å². The van der Waals surface area contributed by atoms with Gasteiger partial charge in [-0.05, 0) is 28.8 Å². The molecular formula is C20H23NO4. The maximum Gasteiger partial charge on any atom is 0.307 e. The van der Waals surface area contributed by atoms with E-state index in [4.69, 9.17) is 15.2 Å². The van der Waals surface area contributed by atoms with Crippen LogP contribution in [0.4, 0.5) is 0 Å². The molecule has 0 bridgehead atoms. The van der Waals surface area contributed by atoms with Gasteiger partial charge in [-0.15, -0.1) is 0 Å². The average molecular weight is 341 g/mol. The van der Waals surface area contributed by atoms with Crippen LogP contribution in [0.2, 0.25) is 0 Å². The summed E-state index contributed by atoms with van der Waals surface area (Å²) in [4.78, 5) is 11.4. The number of carbonyl (C=O) groups is 1. The van der Waals surface area contributed by atoms with E-state index in [1.54, 1.807) is 7.11 Å². The normalized spacial score (nSPS) is 14.7. The maximum atomic E-state index is 11.4. The van der Waals surface area contributed by atoms with Gasteiger partial charge in [0.05, 0.1) is 20.6 Å². The second-order valence-corrected chi connectivity index (χ2v) is 6.21. The minimum atomic E-state index is -0.443. The summed E-state index contributed by atoms with van der Waals surface area (Å²) < 4.78 is 16.3. The summed E-state index contributed by atoms with van der Waals surface area (Å²) in [6, 6.07) is 13.5. The average Bonchev–Trinajstić information content (AvgIpc) is 3.03. The summed E-state index contributed by atoms with van der Waals surface area (Å²) in [6.07, 6.45) is 1.94. The number of hydrogen-bond donors (Lipinski definition) is 1. The van der Waals surface area contributed by atoms with E-state index in [9.17, 15) is 4.79 Å². The molecule has 2 aromatic rings. The van der Waals surface area contributed by atoms with Crippen molar-refractivity contribution in [1.82, 2.24) is 0 Å². The third-order valence-electron chi connectivity index (χ3n) is 4.54. The highest BCUT2D eigenvalue weighted by atomic mass is 16.5. The fraction of sp³-hybridized carbons (Fsp3) is 0.350. The van der Waals surface area contributed by atoms with Crippen LogP contribution in [0.15, 0.2) is 42.5 Å². The van der Waals surface area contributed by atoms with Crippen molar-refractivity contribution in [3.05, 3.63) is 59.2 Å². The first kappa shape index (κ1) is 17.3. The highest BCUT2D eigenvalue weighted by Crippen LogP contribution is 2.34. The summed E-state index contributed by atoms with van der Waals surface area (Å²) in [6.45, 7) is 0. The van der Waals surface area contributed by atoms with Gasteiger partial charge in [0.25, 0.3) is 0 Å². The van der Waals surface area contributed by atoms with E-state index in [-0.39, 0.29) is 18.5 Å². The molecule has 25 heavy (non-hydrogen) atoms. The smallest absolute Gasteiger partial charge is 0.307 e. The number of fused-ring (bicyclic) bond motifs is 1. The van der Waals surface area contributed by atoms with Crippen molar-refractivity contribution in [2.45, 2.75) is 31.4 Å². The Morgan fingerprint density at radius 3 is 2.40 bits per heavy atom. The van der Waals surface area contributed by atoms with E-state index in [1.165, 1.54) is 18.2 Å². The van der Waals surface area contributed by atoms with E-state index < -0.39 is 6.04 Å². The van der Waals surface area contributed by atoms with Gasteiger partial charge in [0.1, 0.15) is 6.10 Å². The summed E-state index contributed by atoms with van der Waals surface area (Å²) in [5.74, 6) is 0.972. The topological polar surface area (TPSA) is 70.8 Å². The Hall–Kier alpha value is -2.53. The zero-order valence-corrected chi connectivity index (χ0v) is 14.5. The predicted molar refractivity (Wildman–Crippen MR) is 94.8 cm³/mol. The number of carbonyl (C=O) groups excluding carboxylic acids is 1. The Bertz CT molecular complexity index is 734. The lowest BCUT2D eigenvalue weighted by molar-refractivity contribution is -0.141. The third kappa shape index (κ3) is 3.94. The first-order valence-corrected chi connectivity index (χ1v) is 8.34. The fourth-order valence-electron chi connectivity index (χ4n) is 3.18. The standard InChI is InChI=1S/C20H23NO4/c1-23-18-8-7-15(17(21)12-20(22)24-2)11-19(18)25-16-9-13-5-3-4-6-14(13)10-16/h3-8,11,16-17H,9-10,12,21H2,1-2H3. The molecule has 2 N–H and O–H groups in total. The summed E-state index contributed by atoms with van der Waals surface area (Å²) in [5, 5.41) is 0. The van der Waals surface area contributed by atoms with Gasteiger partial charge in [-0.2, -0.15) is 0 Å². The van der Waals surface area contributed by atoms with E-state index in [1.807, 2.05) is 30.3 Å². The Morgan fingerprint density at radius 1 is 1.12 bits per heavy atom. The number of esters is 1. The number of methoxy groups -OCH3 is 2. The number of nitrogens with two attached hydrogens (primary N) is 1. The number of benzene rings is 2. The van der Waals surface area contributed by atoms with Gasteiger partial charge in [-0.25, -0.2) is 0 Å². The molecule has 0 saturated heterocycles. The van der Waals surface area contributed by atoms with Gasteiger partial charge in [-0.3, -0.25) is 4.79 Å². The van der Waals surface area contributed by atoms with Gasteiger partial charge in [0.2, 0.25) is 0 Å². The molecule has 5 heteroatoms. The van der Waals surface area contributed by atoms with Gasteiger partial charge in [0, 0.05) is 18.9 Å². The molecule has 1 atom stereocenters. The van der Waals surface area contributed by atoms with E-state index >= 15 is 0 Å². The van der Waals surface area contributed by atoms with Crippen molar-refractivity contribution in [3.63, 3.8) is 0 Å². The lowest BCUT2D eigenvalue weighted by atomic mass is 10.0. The predicted octanol–water partition coefficient (Wildman–Crippen LogP) is 2.80. The van der Waals surface area contributed by atoms with Crippen LogP contribution < -0.4 is 15.2 Å². The minimum absolute atomic E-state index is 0.0679. The van der Waals surface area contributed by atoms with Gasteiger partial charge in [-0.1, -0.05) is 30.3 Å². The van der Waals surface area contributed by atoms with Crippen LogP contribution in [-0.4, -0.2) is 26.3 Å². The van der Waals surface area contributed by atoms with Crippen LogP contribution in [0.25, 0.3) is 0 Å². The van der Waals surface area contributed by atoms with Crippen LogP contribution >= 0.6 is 0 Å². The van der Waals surface area contributed by atoms with Crippen LogP contribution in [0.5, 0.6) is 11.5 Å². The van der Waals surface area contributed by atoms with E-state index in [0.717, 1.165) is 18.4 Å². The van der Waals surface area contributed by atoms with Gasteiger partial charge in [0.15, 0.2) is 11.5 Å². The van der Waals surface area contributed by atoms with Crippen LogP contribution in [0.1, 0.15) is 29.2 Å². The van der Waals surface area contributed by atoms with Crippen molar-refractivity contribution >= 4 is 5.97 Å². The Labute approximate surface area is 147 Å². The highest BCUT2D eigenvalue weighted by molar-refractivity contribution is 5.70. The molecule has 1 aliphatic rings. The van der Waals surface area contributed by atoms with E-state index in [0.29, 0.717) is 11.5 Å². The Morgan fingerprint density at radius 2 is 1.80 bits per heavy atom. The van der Waals surface area contributed by atoms with Crippen LogP contribution in [0, 0.1) is 0 Å². The molecule has 132 valence electrons. The lowest BCUT2D eigenvalue weighted by Gasteiger charge is -2.18. The number of rotatable bonds is 6. The monoisotopic (exact) mass is 341 g/mol. The molecular weight excluding hydrogens is 318 g/mol. The molecule has 5 nitrogen and oxygen atoms in total. The first-order chi connectivity index (χ1) is 12.1. The number of hydrogen-bond acceptors (Lipinski definition) is 5. The second kappa shape index (κ2) is 7.57. The molecule has 0 fully saturated rings. The summed E-state index contributed by atoms with van der Waals surface area (Å²) >= 11 is 0. The third-order valence-corrected chi connectivity index (χ3v) is 4.54. The summed E-state index contributed by atoms with van der Waals surface area (Å²) in [5.41, 5.74) is 9.58. The van der Waals surface area contributed by atoms with Gasteiger partial charge < -0.3 is 19.9 Å². The SMILES string of the molecule is COC(=O)CC(N)c1ccc(OC)c(OC2Cc3ccccc3C2)c1. The zero-order valence-electron chi connectivity index (χ0n) is 14.5. The molecule has 0 heterocycles. The molecule has 0 saturated carbocycles. The maximum absolute atomic E-state index is 11.4. The zero-order chi connectivity index (χ0) is 17.8. The molecule has 0 spiro atoms. The van der Waals surface area contributed by atoms with Crippen LogP contribution in [-0.2, 0) is 22.4 Å². The lowest BCUT2D eigenvalue weighted by Crippen LogP contribution is -2.19. The molecule has 0 radical (unpaired) electrons. The van der Waals surface area contributed by atoms with Gasteiger partial charge >= 0.3 is 5.97 Å². The minimum Gasteiger partial charge on any atom is -0.493 e. The molecule has 2 aromatic carbocycles.